The van der Waals surface area contributed by atoms with E-state index in [1.165, 1.54) is 29.3 Å². The molecule has 3 aromatic rings. The number of aromatic nitrogens is 1. The van der Waals surface area contributed by atoms with Crippen molar-refractivity contribution >= 4 is 10.9 Å². The van der Waals surface area contributed by atoms with E-state index >= 15 is 0 Å². The van der Waals surface area contributed by atoms with Gasteiger partial charge in [0.1, 0.15) is 18.1 Å². The zero-order valence-electron chi connectivity index (χ0n) is 16.8. The number of alkyl halides is 3. The van der Waals surface area contributed by atoms with Gasteiger partial charge in [0.25, 0.3) is 0 Å². The van der Waals surface area contributed by atoms with Crippen molar-refractivity contribution in [3.63, 3.8) is 0 Å². The summed E-state index contributed by atoms with van der Waals surface area (Å²) in [4.78, 5) is 0. The lowest BCUT2D eigenvalue weighted by Gasteiger charge is -2.17. The minimum absolute atomic E-state index is 0.0587. The quantitative estimate of drug-likeness (QED) is 0.500. The van der Waals surface area contributed by atoms with Crippen LogP contribution in [0.1, 0.15) is 42.7 Å². The van der Waals surface area contributed by atoms with Crippen molar-refractivity contribution < 1.29 is 22.6 Å². The van der Waals surface area contributed by atoms with E-state index in [0.717, 1.165) is 24.4 Å². The third-order valence-corrected chi connectivity index (χ3v) is 5.33. The average molecular weight is 403 g/mol. The van der Waals surface area contributed by atoms with Crippen LogP contribution in [0, 0.1) is 6.92 Å². The number of benzene rings is 2. The maximum absolute atomic E-state index is 13.4. The number of aryl methyl sites for hydroxylation is 2. The molecule has 3 nitrogen and oxygen atoms in total. The zero-order valence-corrected chi connectivity index (χ0v) is 16.8. The Balaban J connectivity index is 1.56. The molecule has 1 aliphatic heterocycles. The molecule has 0 saturated heterocycles. The number of rotatable bonds is 5. The second kappa shape index (κ2) is 7.32. The van der Waals surface area contributed by atoms with Crippen LogP contribution in [-0.2, 0) is 25.7 Å². The summed E-state index contributed by atoms with van der Waals surface area (Å²) >= 11 is 0. The molecule has 2 heterocycles. The summed E-state index contributed by atoms with van der Waals surface area (Å²) in [5.41, 5.74) is 3.49. The van der Waals surface area contributed by atoms with E-state index in [4.69, 9.17) is 9.47 Å². The van der Waals surface area contributed by atoms with Gasteiger partial charge in [0.05, 0.1) is 11.7 Å². The Kier molecular flexibility index (Phi) is 4.97. The molecule has 0 spiro atoms. The van der Waals surface area contributed by atoms with Gasteiger partial charge in [0.2, 0.25) is 0 Å². The third kappa shape index (κ3) is 3.80. The van der Waals surface area contributed by atoms with Gasteiger partial charge in [-0.2, -0.15) is 13.2 Å². The molecule has 4 rings (SSSR count). The standard InChI is InChI=1S/C23H24F3NO2/c1-14(2)29-22-9-6-16(11-19(22)23(24,25)26)13-28-17-7-8-21-18(12-17)15(3)20-5-4-10-27(20)21/h6-9,11-12,14H,4-5,10,13H2,1-3H3. The summed E-state index contributed by atoms with van der Waals surface area (Å²) in [5, 5.41) is 1.15. The molecular formula is C23H24F3NO2. The topological polar surface area (TPSA) is 23.4 Å². The number of fused-ring (bicyclic) bond motifs is 3. The fourth-order valence-electron chi connectivity index (χ4n) is 4.04. The summed E-state index contributed by atoms with van der Waals surface area (Å²) < 4.78 is 53.7. The van der Waals surface area contributed by atoms with Gasteiger partial charge in [0.15, 0.2) is 0 Å². The first kappa shape index (κ1) is 19.7. The van der Waals surface area contributed by atoms with Gasteiger partial charge in [-0.1, -0.05) is 6.07 Å². The highest BCUT2D eigenvalue weighted by Crippen LogP contribution is 2.38. The molecule has 0 fully saturated rings. The van der Waals surface area contributed by atoms with Gasteiger partial charge in [-0.05, 0) is 75.1 Å². The Labute approximate surface area is 168 Å². The molecule has 0 amide bonds. The number of hydrogen-bond donors (Lipinski definition) is 0. The van der Waals surface area contributed by atoms with Crippen LogP contribution in [0.25, 0.3) is 10.9 Å². The summed E-state index contributed by atoms with van der Waals surface area (Å²) in [6.45, 7) is 6.61. The van der Waals surface area contributed by atoms with E-state index in [9.17, 15) is 13.2 Å². The van der Waals surface area contributed by atoms with Crippen molar-refractivity contribution in [3.05, 3.63) is 58.8 Å². The van der Waals surface area contributed by atoms with Gasteiger partial charge in [-0.15, -0.1) is 0 Å². The van der Waals surface area contributed by atoms with Crippen molar-refractivity contribution in [2.24, 2.45) is 0 Å². The number of ether oxygens (including phenoxy) is 2. The lowest BCUT2D eigenvalue weighted by Crippen LogP contribution is -2.13. The lowest BCUT2D eigenvalue weighted by molar-refractivity contribution is -0.139. The zero-order chi connectivity index (χ0) is 20.8. The summed E-state index contributed by atoms with van der Waals surface area (Å²) in [6, 6.07) is 9.99. The van der Waals surface area contributed by atoms with Crippen LogP contribution in [0.15, 0.2) is 36.4 Å². The van der Waals surface area contributed by atoms with Gasteiger partial charge < -0.3 is 14.0 Å². The van der Waals surface area contributed by atoms with Crippen molar-refractivity contribution in [2.75, 3.05) is 0 Å². The molecule has 6 heteroatoms. The number of hydrogen-bond acceptors (Lipinski definition) is 2. The lowest BCUT2D eigenvalue weighted by atomic mass is 10.1. The molecule has 0 atom stereocenters. The largest absolute Gasteiger partial charge is 0.490 e. The van der Waals surface area contributed by atoms with Crippen LogP contribution in [0.5, 0.6) is 11.5 Å². The van der Waals surface area contributed by atoms with Gasteiger partial charge >= 0.3 is 6.18 Å². The summed E-state index contributed by atoms with van der Waals surface area (Å²) in [6.07, 6.45) is -2.56. The SMILES string of the molecule is Cc1c2n(c3ccc(OCc4ccc(OC(C)C)c(C(F)(F)F)c4)cc13)CCC2. The molecule has 0 radical (unpaired) electrons. The van der Waals surface area contributed by atoms with E-state index in [1.54, 1.807) is 19.9 Å². The predicted octanol–water partition coefficient (Wildman–Crippen LogP) is 6.28. The highest BCUT2D eigenvalue weighted by molar-refractivity contribution is 5.87. The number of halogens is 3. The maximum Gasteiger partial charge on any atom is 0.419 e. The minimum Gasteiger partial charge on any atom is -0.490 e. The molecular weight excluding hydrogens is 379 g/mol. The molecule has 0 unspecified atom stereocenters. The van der Waals surface area contributed by atoms with E-state index in [0.29, 0.717) is 11.3 Å². The highest BCUT2D eigenvalue weighted by atomic mass is 19.4. The molecule has 154 valence electrons. The molecule has 1 aromatic heterocycles. The fraction of sp³-hybridized carbons (Fsp3) is 0.391. The molecule has 0 bridgehead atoms. The summed E-state index contributed by atoms with van der Waals surface area (Å²) in [5.74, 6) is 0.498. The molecule has 0 N–H and O–H groups in total. The minimum atomic E-state index is -4.48. The number of nitrogens with zero attached hydrogens (tertiary/aromatic N) is 1. The monoisotopic (exact) mass is 403 g/mol. The van der Waals surface area contributed by atoms with E-state index in [-0.39, 0.29) is 18.5 Å². The Morgan fingerprint density at radius 3 is 2.62 bits per heavy atom. The molecule has 1 aliphatic rings. The Bertz CT molecular complexity index is 1050. The van der Waals surface area contributed by atoms with Crippen LogP contribution in [0.2, 0.25) is 0 Å². The fourth-order valence-corrected chi connectivity index (χ4v) is 4.04. The third-order valence-electron chi connectivity index (χ3n) is 5.33. The van der Waals surface area contributed by atoms with E-state index < -0.39 is 11.7 Å². The Morgan fingerprint density at radius 2 is 1.90 bits per heavy atom. The molecule has 0 saturated carbocycles. The molecule has 0 aliphatic carbocycles. The van der Waals surface area contributed by atoms with Crippen LogP contribution in [0.3, 0.4) is 0 Å². The van der Waals surface area contributed by atoms with Crippen molar-refractivity contribution in [1.82, 2.24) is 4.57 Å². The van der Waals surface area contributed by atoms with Crippen LogP contribution in [-0.4, -0.2) is 10.7 Å². The van der Waals surface area contributed by atoms with Crippen LogP contribution in [0.4, 0.5) is 13.2 Å². The first-order valence-electron chi connectivity index (χ1n) is 9.85. The smallest absolute Gasteiger partial charge is 0.419 e. The van der Waals surface area contributed by atoms with Gasteiger partial charge in [0, 0.05) is 23.1 Å². The normalized spacial score (nSPS) is 13.9. The van der Waals surface area contributed by atoms with E-state index in [1.807, 2.05) is 18.2 Å². The first-order valence-corrected chi connectivity index (χ1v) is 9.85. The maximum atomic E-state index is 13.4. The van der Waals surface area contributed by atoms with Crippen LogP contribution < -0.4 is 9.47 Å². The van der Waals surface area contributed by atoms with E-state index in [2.05, 4.69) is 11.5 Å². The summed E-state index contributed by atoms with van der Waals surface area (Å²) in [7, 11) is 0. The molecule has 29 heavy (non-hydrogen) atoms. The first-order chi connectivity index (χ1) is 13.7. The Hall–Kier alpha value is -2.63. The van der Waals surface area contributed by atoms with Crippen LogP contribution >= 0.6 is 0 Å². The second-order valence-electron chi connectivity index (χ2n) is 7.79. The second-order valence-corrected chi connectivity index (χ2v) is 7.79. The van der Waals surface area contributed by atoms with Crippen molar-refractivity contribution in [3.8, 4) is 11.5 Å². The van der Waals surface area contributed by atoms with Crippen molar-refractivity contribution in [2.45, 2.75) is 59.0 Å². The van der Waals surface area contributed by atoms with Gasteiger partial charge in [-0.25, -0.2) is 0 Å². The molecule has 2 aromatic carbocycles. The predicted molar refractivity (Wildman–Crippen MR) is 107 cm³/mol. The van der Waals surface area contributed by atoms with Gasteiger partial charge in [-0.3, -0.25) is 0 Å². The van der Waals surface area contributed by atoms with Crippen molar-refractivity contribution in [1.29, 1.82) is 0 Å². The Morgan fingerprint density at radius 1 is 1.10 bits per heavy atom. The average Bonchev–Trinajstić information content (AvgIpc) is 3.23. The highest BCUT2D eigenvalue weighted by Gasteiger charge is 2.35.